The van der Waals surface area contributed by atoms with Crippen molar-refractivity contribution in [3.63, 3.8) is 0 Å². The van der Waals surface area contributed by atoms with Crippen LogP contribution in [0.2, 0.25) is 0 Å². The second-order valence-corrected chi connectivity index (χ2v) is 12.0. The van der Waals surface area contributed by atoms with Gasteiger partial charge in [0.25, 0.3) is 0 Å². The zero-order valence-corrected chi connectivity index (χ0v) is 25.4. The first-order valence-electron chi connectivity index (χ1n) is 15.4. The molecule has 9 heteroatoms. The van der Waals surface area contributed by atoms with Gasteiger partial charge in [0, 0.05) is 46.6 Å². The van der Waals surface area contributed by atoms with Gasteiger partial charge in [0.15, 0.2) is 0 Å². The number of fused-ring (bicyclic) bond motifs is 2. The lowest BCUT2D eigenvalue weighted by atomic mass is 10.0. The number of anilines is 1. The number of hydrogen-bond donors (Lipinski definition) is 3. The van der Waals surface area contributed by atoms with Gasteiger partial charge in [-0.05, 0) is 86.1 Å². The van der Waals surface area contributed by atoms with Gasteiger partial charge in [0.2, 0.25) is 5.91 Å². The van der Waals surface area contributed by atoms with Crippen LogP contribution in [0.25, 0.3) is 55.4 Å². The molecule has 0 saturated heterocycles. The number of likely N-dealkylation sites (N-methyl/N-ethyl adjacent to an activating group) is 1. The smallest absolute Gasteiger partial charge is 0.227 e. The molecule has 3 aromatic carbocycles. The van der Waals surface area contributed by atoms with E-state index in [0.29, 0.717) is 18.0 Å². The van der Waals surface area contributed by atoms with E-state index in [1.165, 1.54) is 12.1 Å². The Morgan fingerprint density at radius 3 is 2.67 bits per heavy atom. The van der Waals surface area contributed by atoms with E-state index in [-0.39, 0.29) is 17.6 Å². The highest BCUT2D eigenvalue weighted by atomic mass is 19.1. The van der Waals surface area contributed by atoms with Gasteiger partial charge in [-0.25, -0.2) is 4.39 Å². The first-order chi connectivity index (χ1) is 21.9. The van der Waals surface area contributed by atoms with E-state index < -0.39 is 0 Å². The highest BCUT2D eigenvalue weighted by Gasteiger charge is 2.23. The van der Waals surface area contributed by atoms with Gasteiger partial charge in [-0.15, -0.1) is 0 Å². The number of carbonyl (C=O) groups excluding carboxylic acids is 1. The fraction of sp³-hybridized carbons (Fsp3) is 0.250. The molecule has 0 spiro atoms. The van der Waals surface area contributed by atoms with Crippen molar-refractivity contribution in [3.8, 4) is 39.4 Å². The molecular weight excluding hydrogens is 567 g/mol. The number of H-pyrrole nitrogens is 2. The number of halogens is 1. The topological polar surface area (TPSA) is 98.9 Å². The number of carbonyl (C=O) groups is 1. The molecule has 45 heavy (non-hydrogen) atoms. The van der Waals surface area contributed by atoms with E-state index in [0.717, 1.165) is 87.7 Å². The summed E-state index contributed by atoms with van der Waals surface area (Å²) >= 11 is 0. The van der Waals surface area contributed by atoms with Crippen molar-refractivity contribution in [2.45, 2.75) is 25.7 Å². The van der Waals surface area contributed by atoms with Crippen molar-refractivity contribution in [1.29, 1.82) is 0 Å². The molecule has 1 amide bonds. The summed E-state index contributed by atoms with van der Waals surface area (Å²) < 4.78 is 20.6. The fourth-order valence-corrected chi connectivity index (χ4v) is 6.18. The standard InChI is InChI=1S/C36H35FN6O2/c1-43(2)12-13-45-28-16-24(14-26(37)18-28)29-8-5-9-32-30(29)19-34(40-32)35-31-17-23(10-11-33(31)41-42-35)25-15-27(21-38-20-25)39-36(44)22-6-3-4-7-22/h5,8-11,14-22,40H,3-4,6-7,12-13H2,1-2H3,(H,39,44)(H,41,42). The van der Waals surface area contributed by atoms with Crippen LogP contribution in [-0.2, 0) is 4.79 Å². The summed E-state index contributed by atoms with van der Waals surface area (Å²) in [6.45, 7) is 1.21. The second kappa shape index (κ2) is 12.2. The molecule has 228 valence electrons. The Balaban J connectivity index is 1.20. The van der Waals surface area contributed by atoms with Crippen molar-refractivity contribution in [1.82, 2.24) is 25.1 Å². The first-order valence-corrected chi connectivity index (χ1v) is 15.4. The summed E-state index contributed by atoms with van der Waals surface area (Å²) in [7, 11) is 3.95. The van der Waals surface area contributed by atoms with Gasteiger partial charge < -0.3 is 19.9 Å². The van der Waals surface area contributed by atoms with Gasteiger partial charge >= 0.3 is 0 Å². The van der Waals surface area contributed by atoms with Gasteiger partial charge in [-0.2, -0.15) is 5.10 Å². The lowest BCUT2D eigenvalue weighted by molar-refractivity contribution is -0.119. The number of nitrogens with one attached hydrogen (secondary N) is 3. The summed E-state index contributed by atoms with van der Waals surface area (Å²) in [5, 5.41) is 12.8. The van der Waals surface area contributed by atoms with Gasteiger partial charge in [-0.1, -0.05) is 31.0 Å². The lowest BCUT2D eigenvalue weighted by Gasteiger charge is -2.12. The third-order valence-electron chi connectivity index (χ3n) is 8.54. The average molecular weight is 603 g/mol. The van der Waals surface area contributed by atoms with E-state index in [1.54, 1.807) is 12.4 Å². The number of ether oxygens (including phenoxy) is 1. The largest absolute Gasteiger partial charge is 0.492 e. The molecule has 3 N–H and O–H groups in total. The van der Waals surface area contributed by atoms with E-state index in [2.05, 4.69) is 37.6 Å². The number of aromatic nitrogens is 4. The Morgan fingerprint density at radius 2 is 1.82 bits per heavy atom. The third kappa shape index (κ3) is 6.04. The van der Waals surface area contributed by atoms with E-state index >= 15 is 0 Å². The molecule has 0 bridgehead atoms. The van der Waals surface area contributed by atoms with Gasteiger partial charge in [-0.3, -0.25) is 14.9 Å². The maximum atomic E-state index is 14.7. The zero-order chi connectivity index (χ0) is 30.9. The summed E-state index contributed by atoms with van der Waals surface area (Å²) in [6.07, 6.45) is 7.61. The van der Waals surface area contributed by atoms with Crippen molar-refractivity contribution in [2.75, 3.05) is 32.6 Å². The highest BCUT2D eigenvalue weighted by Crippen LogP contribution is 2.37. The Labute approximate surface area is 260 Å². The molecule has 3 aromatic heterocycles. The predicted octanol–water partition coefficient (Wildman–Crippen LogP) is 7.65. The predicted molar refractivity (Wildman–Crippen MR) is 177 cm³/mol. The quantitative estimate of drug-likeness (QED) is 0.158. The molecule has 0 unspecified atom stereocenters. The Bertz CT molecular complexity index is 2010. The van der Waals surface area contributed by atoms with Crippen LogP contribution < -0.4 is 10.1 Å². The number of pyridine rings is 1. The highest BCUT2D eigenvalue weighted by molar-refractivity contribution is 6.02. The first kappa shape index (κ1) is 28.7. The van der Waals surface area contributed by atoms with Crippen molar-refractivity contribution in [3.05, 3.63) is 84.9 Å². The summed E-state index contributed by atoms with van der Waals surface area (Å²) in [5.41, 5.74) is 7.65. The average Bonchev–Trinajstić information content (AvgIpc) is 3.80. The summed E-state index contributed by atoms with van der Waals surface area (Å²) in [6, 6.07) is 20.9. The molecule has 8 nitrogen and oxygen atoms in total. The molecule has 1 aliphatic carbocycles. The molecule has 0 radical (unpaired) electrons. The van der Waals surface area contributed by atoms with Gasteiger partial charge in [0.05, 0.1) is 23.1 Å². The molecule has 0 aliphatic heterocycles. The maximum Gasteiger partial charge on any atom is 0.227 e. The van der Waals surface area contributed by atoms with Crippen LogP contribution in [0.15, 0.2) is 79.1 Å². The Hall–Kier alpha value is -5.02. The van der Waals surface area contributed by atoms with Crippen LogP contribution in [0.5, 0.6) is 5.75 Å². The monoisotopic (exact) mass is 602 g/mol. The third-order valence-corrected chi connectivity index (χ3v) is 8.54. The van der Waals surface area contributed by atoms with Crippen LogP contribution in [0.1, 0.15) is 25.7 Å². The maximum absolute atomic E-state index is 14.7. The van der Waals surface area contributed by atoms with Crippen LogP contribution in [0.3, 0.4) is 0 Å². The SMILES string of the molecule is CN(C)CCOc1cc(F)cc(-c2cccc3[nH]c(-c4n[nH]c5ccc(-c6cncc(NC(=O)C7CCCC7)c6)cc45)cc23)c1. The van der Waals surface area contributed by atoms with Crippen molar-refractivity contribution < 1.29 is 13.9 Å². The molecule has 1 fully saturated rings. The molecule has 1 aliphatic rings. The number of hydrogen-bond acceptors (Lipinski definition) is 5. The summed E-state index contributed by atoms with van der Waals surface area (Å²) in [5.74, 6) is 0.313. The van der Waals surface area contributed by atoms with Crippen molar-refractivity contribution >= 4 is 33.4 Å². The van der Waals surface area contributed by atoms with Crippen LogP contribution in [0, 0.1) is 11.7 Å². The van der Waals surface area contributed by atoms with Crippen molar-refractivity contribution in [2.24, 2.45) is 5.92 Å². The number of rotatable bonds is 9. The minimum absolute atomic E-state index is 0.0727. The number of nitrogens with zero attached hydrogens (tertiary/aromatic N) is 3. The zero-order valence-electron chi connectivity index (χ0n) is 25.4. The number of amides is 1. The molecule has 6 aromatic rings. The molecule has 1 saturated carbocycles. The second-order valence-electron chi connectivity index (χ2n) is 12.0. The molecule has 7 rings (SSSR count). The normalized spacial score (nSPS) is 13.7. The molecule has 0 atom stereocenters. The number of aromatic amines is 2. The van der Waals surface area contributed by atoms with E-state index in [4.69, 9.17) is 4.74 Å². The molecule has 3 heterocycles. The number of benzene rings is 3. The van der Waals surface area contributed by atoms with E-state index in [1.807, 2.05) is 61.5 Å². The van der Waals surface area contributed by atoms with Crippen LogP contribution in [-0.4, -0.2) is 58.2 Å². The summed E-state index contributed by atoms with van der Waals surface area (Å²) in [4.78, 5) is 22.7. The Kier molecular flexibility index (Phi) is 7.77. The Morgan fingerprint density at radius 1 is 0.956 bits per heavy atom. The lowest BCUT2D eigenvalue weighted by Crippen LogP contribution is -2.20. The fourth-order valence-electron chi connectivity index (χ4n) is 6.18. The minimum Gasteiger partial charge on any atom is -0.492 e. The van der Waals surface area contributed by atoms with Crippen LogP contribution in [0.4, 0.5) is 10.1 Å². The minimum atomic E-state index is -0.345. The van der Waals surface area contributed by atoms with E-state index in [9.17, 15) is 9.18 Å². The van der Waals surface area contributed by atoms with Crippen LogP contribution >= 0.6 is 0 Å². The molecular formula is C36H35FN6O2. The van der Waals surface area contributed by atoms with Gasteiger partial charge in [0.1, 0.15) is 23.9 Å².